The van der Waals surface area contributed by atoms with Crippen LogP contribution in [0.2, 0.25) is 0 Å². The Morgan fingerprint density at radius 1 is 0.867 bits per heavy atom. The molecule has 30 heavy (non-hydrogen) atoms. The molecule has 5 nitrogen and oxygen atoms in total. The Balaban J connectivity index is 0.00000160. The third-order valence-corrected chi connectivity index (χ3v) is 5.68. The largest absolute Gasteiger partial charge is 0.392 e. The Bertz CT molecular complexity index is 976. The van der Waals surface area contributed by atoms with Crippen LogP contribution in [0, 0.1) is 0 Å². The lowest BCUT2D eigenvalue weighted by Gasteiger charge is -2.35. The van der Waals surface area contributed by atoms with E-state index >= 15 is 0 Å². The van der Waals surface area contributed by atoms with Gasteiger partial charge in [-0.3, -0.25) is 0 Å². The number of aliphatic hydroxyl groups excluding tert-OH is 2. The van der Waals surface area contributed by atoms with Crippen molar-refractivity contribution in [1.82, 2.24) is 9.88 Å². The monoisotopic (exact) mass is 449 g/mol. The number of nitrogens with zero attached hydrogens (tertiary/aromatic N) is 3. The fourth-order valence-corrected chi connectivity index (χ4v) is 3.93. The molecule has 1 fully saturated rings. The highest BCUT2D eigenvalue weighted by Gasteiger charge is 2.20. The van der Waals surface area contributed by atoms with E-state index in [0.29, 0.717) is 0 Å². The Kier molecular flexibility index (Phi) is 8.89. The molecule has 0 unspecified atom stereocenters. The summed E-state index contributed by atoms with van der Waals surface area (Å²) in [6.45, 7) is 7.17. The van der Waals surface area contributed by atoms with Crippen molar-refractivity contribution in [2.24, 2.45) is 0 Å². The van der Waals surface area contributed by atoms with Crippen molar-refractivity contribution in [2.45, 2.75) is 20.1 Å². The molecule has 3 aromatic rings. The van der Waals surface area contributed by atoms with Gasteiger partial charge in [-0.1, -0.05) is 43.3 Å². The molecule has 2 N–H and O–H groups in total. The molecule has 2 aromatic carbocycles. The molecule has 1 aliphatic heterocycles. The van der Waals surface area contributed by atoms with Crippen molar-refractivity contribution in [2.75, 3.05) is 37.6 Å². The Labute approximate surface area is 190 Å². The topological polar surface area (TPSA) is 59.8 Å². The number of anilines is 1. The van der Waals surface area contributed by atoms with Crippen molar-refractivity contribution in [3.63, 3.8) is 0 Å². The highest BCUT2D eigenvalue weighted by molar-refractivity contribution is 5.95. The van der Waals surface area contributed by atoms with Crippen LogP contribution in [-0.4, -0.2) is 52.8 Å². The van der Waals surface area contributed by atoms with Gasteiger partial charge in [-0.25, -0.2) is 4.98 Å². The van der Waals surface area contributed by atoms with Gasteiger partial charge in [-0.2, -0.15) is 0 Å². The maximum Gasteiger partial charge on any atom is 0.137 e. The number of likely N-dealkylation sites (N-methyl/N-ethyl adjacent to an activating group) is 1. The van der Waals surface area contributed by atoms with E-state index in [1.165, 1.54) is 5.39 Å². The van der Waals surface area contributed by atoms with E-state index in [1.807, 2.05) is 18.2 Å². The smallest absolute Gasteiger partial charge is 0.137 e. The third kappa shape index (κ3) is 4.88. The first kappa shape index (κ1) is 24.4. The molecule has 7 heteroatoms. The Hall–Kier alpha value is -1.89. The highest BCUT2D eigenvalue weighted by atomic mass is 35.5. The Morgan fingerprint density at radius 3 is 2.23 bits per heavy atom. The second kappa shape index (κ2) is 10.9. The number of aromatic nitrogens is 1. The molecule has 2 heterocycles. The number of rotatable bonds is 5. The summed E-state index contributed by atoms with van der Waals surface area (Å²) in [6.07, 6.45) is 0. The fourth-order valence-electron chi connectivity index (χ4n) is 3.93. The average Bonchev–Trinajstić information content (AvgIpc) is 2.77. The predicted octanol–water partition coefficient (Wildman–Crippen LogP) is 3.87. The molecule has 1 aliphatic rings. The molecule has 1 aromatic heterocycles. The molecular weight excluding hydrogens is 421 g/mol. The van der Waals surface area contributed by atoms with Gasteiger partial charge < -0.3 is 20.0 Å². The number of halogens is 2. The first-order chi connectivity index (χ1) is 13.7. The number of piperazine rings is 1. The van der Waals surface area contributed by atoms with Gasteiger partial charge in [-0.05, 0) is 35.2 Å². The number of benzene rings is 2. The van der Waals surface area contributed by atoms with Crippen LogP contribution in [0.1, 0.15) is 18.1 Å². The first-order valence-corrected chi connectivity index (χ1v) is 9.94. The number of hydrogen-bond acceptors (Lipinski definition) is 5. The van der Waals surface area contributed by atoms with Gasteiger partial charge in [0.05, 0.1) is 18.9 Å². The SMILES string of the molecule is CCN1CCN(c2nc(-c3ccc(CO)c(CO)c3)cc3ccccc23)CC1.Cl.Cl. The maximum atomic E-state index is 9.65. The van der Waals surface area contributed by atoms with Crippen LogP contribution in [0.25, 0.3) is 22.0 Å². The minimum absolute atomic E-state index is 0. The van der Waals surface area contributed by atoms with Crippen LogP contribution in [-0.2, 0) is 13.2 Å². The fraction of sp³-hybridized carbons (Fsp3) is 0.348. The number of hydrogen-bond donors (Lipinski definition) is 2. The summed E-state index contributed by atoms with van der Waals surface area (Å²) < 4.78 is 0. The molecule has 0 amide bonds. The van der Waals surface area contributed by atoms with Gasteiger partial charge in [0.25, 0.3) is 0 Å². The lowest BCUT2D eigenvalue weighted by molar-refractivity contribution is 0.260. The first-order valence-electron chi connectivity index (χ1n) is 9.94. The van der Waals surface area contributed by atoms with Crippen LogP contribution in [0.4, 0.5) is 5.82 Å². The van der Waals surface area contributed by atoms with Gasteiger partial charge in [0.2, 0.25) is 0 Å². The van der Waals surface area contributed by atoms with Crippen molar-refractivity contribution < 1.29 is 10.2 Å². The van der Waals surface area contributed by atoms with Crippen molar-refractivity contribution in [3.8, 4) is 11.3 Å². The summed E-state index contributed by atoms with van der Waals surface area (Å²) in [5.41, 5.74) is 3.35. The van der Waals surface area contributed by atoms with E-state index in [4.69, 9.17) is 4.98 Å². The second-order valence-corrected chi connectivity index (χ2v) is 7.27. The number of pyridine rings is 1. The molecular formula is C23H29Cl2N3O2. The van der Waals surface area contributed by atoms with E-state index in [2.05, 4.69) is 47.1 Å². The van der Waals surface area contributed by atoms with Gasteiger partial charge in [0.1, 0.15) is 5.82 Å². The summed E-state index contributed by atoms with van der Waals surface area (Å²) in [5.74, 6) is 1.03. The molecule has 0 radical (unpaired) electrons. The molecule has 0 saturated carbocycles. The van der Waals surface area contributed by atoms with Gasteiger partial charge in [0, 0.05) is 37.1 Å². The highest BCUT2D eigenvalue weighted by Crippen LogP contribution is 2.31. The lowest BCUT2D eigenvalue weighted by Crippen LogP contribution is -2.46. The van der Waals surface area contributed by atoms with Crippen LogP contribution in [0.5, 0.6) is 0 Å². The third-order valence-electron chi connectivity index (χ3n) is 5.68. The maximum absolute atomic E-state index is 9.65. The minimum atomic E-state index is -0.0941. The van der Waals surface area contributed by atoms with Gasteiger partial charge in [-0.15, -0.1) is 24.8 Å². The van der Waals surface area contributed by atoms with E-state index in [9.17, 15) is 10.2 Å². The zero-order chi connectivity index (χ0) is 19.5. The van der Waals surface area contributed by atoms with E-state index in [0.717, 1.165) is 66.3 Å². The Morgan fingerprint density at radius 2 is 1.57 bits per heavy atom. The standard InChI is InChI=1S/C23H27N3O2.2ClH/c1-2-25-9-11-26(12-10-25)23-21-6-4-3-5-17(21)14-22(24-23)18-7-8-19(15-27)20(13-18)16-28;;/h3-8,13-14,27-28H,2,9-12,15-16H2,1H3;2*1H. The second-order valence-electron chi connectivity index (χ2n) is 7.27. The van der Waals surface area contributed by atoms with Gasteiger partial charge >= 0.3 is 0 Å². The summed E-state index contributed by atoms with van der Waals surface area (Å²) in [4.78, 5) is 9.88. The molecule has 162 valence electrons. The predicted molar refractivity (Wildman–Crippen MR) is 128 cm³/mol. The summed E-state index contributed by atoms with van der Waals surface area (Å²) in [5, 5.41) is 21.5. The van der Waals surface area contributed by atoms with Crippen LogP contribution in [0.15, 0.2) is 48.5 Å². The number of fused-ring (bicyclic) bond motifs is 1. The molecule has 1 saturated heterocycles. The molecule has 0 aliphatic carbocycles. The lowest BCUT2D eigenvalue weighted by atomic mass is 10.0. The number of aliphatic hydroxyl groups is 2. The summed E-state index contributed by atoms with van der Waals surface area (Å²) in [6, 6.07) is 16.3. The van der Waals surface area contributed by atoms with Crippen LogP contribution in [0.3, 0.4) is 0 Å². The molecule has 0 spiro atoms. The zero-order valence-corrected chi connectivity index (χ0v) is 18.8. The van der Waals surface area contributed by atoms with Crippen molar-refractivity contribution in [3.05, 3.63) is 59.7 Å². The average molecular weight is 450 g/mol. The quantitative estimate of drug-likeness (QED) is 0.618. The van der Waals surface area contributed by atoms with E-state index in [-0.39, 0.29) is 38.0 Å². The van der Waals surface area contributed by atoms with E-state index in [1.54, 1.807) is 0 Å². The van der Waals surface area contributed by atoms with Crippen LogP contribution < -0.4 is 4.90 Å². The van der Waals surface area contributed by atoms with Crippen molar-refractivity contribution in [1.29, 1.82) is 0 Å². The zero-order valence-electron chi connectivity index (χ0n) is 17.1. The van der Waals surface area contributed by atoms with Crippen molar-refractivity contribution >= 4 is 41.4 Å². The minimum Gasteiger partial charge on any atom is -0.392 e. The molecule has 0 atom stereocenters. The van der Waals surface area contributed by atoms with E-state index < -0.39 is 0 Å². The van der Waals surface area contributed by atoms with Crippen LogP contribution >= 0.6 is 24.8 Å². The normalized spacial score (nSPS) is 14.3. The van der Waals surface area contributed by atoms with Gasteiger partial charge in [0.15, 0.2) is 0 Å². The molecule has 4 rings (SSSR count). The molecule has 0 bridgehead atoms. The summed E-state index contributed by atoms with van der Waals surface area (Å²) in [7, 11) is 0. The summed E-state index contributed by atoms with van der Waals surface area (Å²) >= 11 is 0.